The SMILES string of the molecule is COc1ccc2c(CN3CCN(C(=O)Cc4ccc(F)cc4)CC3)cc(=O)oc2c1. The Hall–Kier alpha value is -3.19. The second-order valence-corrected chi connectivity index (χ2v) is 7.41. The molecular formula is C23H23FN2O4. The molecule has 1 aliphatic rings. The van der Waals surface area contributed by atoms with Gasteiger partial charge in [-0.2, -0.15) is 0 Å². The summed E-state index contributed by atoms with van der Waals surface area (Å²) < 4.78 is 23.6. The first-order valence-electron chi connectivity index (χ1n) is 9.87. The van der Waals surface area contributed by atoms with E-state index >= 15 is 0 Å². The Kier molecular flexibility index (Phi) is 5.81. The molecule has 0 bridgehead atoms. The fraction of sp³-hybridized carbons (Fsp3) is 0.304. The molecule has 2 aromatic carbocycles. The Labute approximate surface area is 173 Å². The van der Waals surface area contributed by atoms with Crippen molar-refractivity contribution >= 4 is 16.9 Å². The highest BCUT2D eigenvalue weighted by atomic mass is 19.1. The predicted octanol–water partition coefficient (Wildman–Crippen LogP) is 2.83. The molecule has 0 unspecified atom stereocenters. The summed E-state index contributed by atoms with van der Waals surface area (Å²) in [7, 11) is 1.57. The van der Waals surface area contributed by atoms with Crippen molar-refractivity contribution in [2.75, 3.05) is 33.3 Å². The van der Waals surface area contributed by atoms with Gasteiger partial charge in [0, 0.05) is 50.2 Å². The summed E-state index contributed by atoms with van der Waals surface area (Å²) in [5, 5.41) is 0.880. The molecule has 0 spiro atoms. The van der Waals surface area contributed by atoms with Crippen molar-refractivity contribution in [1.29, 1.82) is 0 Å². The Balaban J connectivity index is 1.39. The van der Waals surface area contributed by atoms with Gasteiger partial charge in [-0.15, -0.1) is 0 Å². The van der Waals surface area contributed by atoms with Crippen LogP contribution in [0.4, 0.5) is 4.39 Å². The standard InChI is InChI=1S/C23H23FN2O4/c1-29-19-6-7-20-17(13-23(28)30-21(20)14-19)15-25-8-10-26(11-9-25)22(27)12-16-2-4-18(24)5-3-16/h2-7,13-14H,8-12,15H2,1H3. The highest BCUT2D eigenvalue weighted by molar-refractivity contribution is 5.81. The van der Waals surface area contributed by atoms with E-state index in [1.54, 1.807) is 25.3 Å². The summed E-state index contributed by atoms with van der Waals surface area (Å²) in [5.41, 5.74) is 1.82. The normalized spacial score (nSPS) is 14.8. The van der Waals surface area contributed by atoms with Crippen LogP contribution in [0.1, 0.15) is 11.1 Å². The van der Waals surface area contributed by atoms with Crippen LogP contribution in [0.2, 0.25) is 0 Å². The summed E-state index contributed by atoms with van der Waals surface area (Å²) in [6.07, 6.45) is 0.270. The van der Waals surface area contributed by atoms with Gasteiger partial charge in [-0.05, 0) is 35.4 Å². The van der Waals surface area contributed by atoms with E-state index in [0.29, 0.717) is 44.1 Å². The lowest BCUT2D eigenvalue weighted by Crippen LogP contribution is -2.48. The number of hydrogen-bond donors (Lipinski definition) is 0. The number of halogens is 1. The molecule has 1 aromatic heterocycles. The molecule has 2 heterocycles. The van der Waals surface area contributed by atoms with Gasteiger partial charge in [-0.25, -0.2) is 9.18 Å². The monoisotopic (exact) mass is 410 g/mol. The summed E-state index contributed by atoms with van der Waals surface area (Å²) in [4.78, 5) is 28.6. The average Bonchev–Trinajstić information content (AvgIpc) is 2.75. The van der Waals surface area contributed by atoms with Gasteiger partial charge in [0.15, 0.2) is 0 Å². The molecule has 1 saturated heterocycles. The van der Waals surface area contributed by atoms with Crippen molar-refractivity contribution in [2.24, 2.45) is 0 Å². The third-order valence-corrected chi connectivity index (χ3v) is 5.42. The number of piperazine rings is 1. The number of carbonyl (C=O) groups excluding carboxylic acids is 1. The number of methoxy groups -OCH3 is 1. The summed E-state index contributed by atoms with van der Waals surface area (Å²) in [5.74, 6) is 0.371. The van der Waals surface area contributed by atoms with Crippen LogP contribution < -0.4 is 10.4 Å². The number of carbonyl (C=O) groups is 1. The number of fused-ring (bicyclic) bond motifs is 1. The van der Waals surface area contributed by atoms with Crippen molar-refractivity contribution in [1.82, 2.24) is 9.80 Å². The topological polar surface area (TPSA) is 63.0 Å². The van der Waals surface area contributed by atoms with E-state index in [4.69, 9.17) is 9.15 Å². The van der Waals surface area contributed by atoms with Gasteiger partial charge in [-0.1, -0.05) is 12.1 Å². The van der Waals surface area contributed by atoms with E-state index < -0.39 is 0 Å². The van der Waals surface area contributed by atoms with Gasteiger partial charge in [0.25, 0.3) is 0 Å². The number of nitrogens with zero attached hydrogens (tertiary/aromatic N) is 2. The number of benzene rings is 2. The Bertz CT molecular complexity index is 1100. The highest BCUT2D eigenvalue weighted by Gasteiger charge is 2.22. The molecule has 4 rings (SSSR count). The molecule has 0 N–H and O–H groups in total. The highest BCUT2D eigenvalue weighted by Crippen LogP contribution is 2.23. The smallest absolute Gasteiger partial charge is 0.336 e. The molecule has 30 heavy (non-hydrogen) atoms. The van der Waals surface area contributed by atoms with E-state index in [1.165, 1.54) is 18.2 Å². The van der Waals surface area contributed by atoms with Gasteiger partial charge in [0.05, 0.1) is 13.5 Å². The molecular weight excluding hydrogens is 387 g/mol. The molecule has 0 saturated carbocycles. The number of hydrogen-bond acceptors (Lipinski definition) is 5. The van der Waals surface area contributed by atoms with Gasteiger partial charge >= 0.3 is 5.63 Å². The van der Waals surface area contributed by atoms with Crippen molar-refractivity contribution in [3.63, 3.8) is 0 Å². The van der Waals surface area contributed by atoms with Crippen LogP contribution in [0.25, 0.3) is 11.0 Å². The first kappa shape index (κ1) is 20.1. The second-order valence-electron chi connectivity index (χ2n) is 7.41. The van der Waals surface area contributed by atoms with Crippen molar-refractivity contribution in [3.8, 4) is 5.75 Å². The Morgan fingerprint density at radius 2 is 1.80 bits per heavy atom. The van der Waals surface area contributed by atoms with Gasteiger partial charge < -0.3 is 14.1 Å². The van der Waals surface area contributed by atoms with Crippen molar-refractivity contribution in [2.45, 2.75) is 13.0 Å². The van der Waals surface area contributed by atoms with Crippen molar-refractivity contribution in [3.05, 3.63) is 75.9 Å². The predicted molar refractivity (Wildman–Crippen MR) is 111 cm³/mol. The van der Waals surface area contributed by atoms with E-state index in [1.807, 2.05) is 17.0 Å². The number of ether oxygens (including phenoxy) is 1. The van der Waals surface area contributed by atoms with Crippen LogP contribution in [0.15, 0.2) is 57.7 Å². The quantitative estimate of drug-likeness (QED) is 0.606. The Morgan fingerprint density at radius 3 is 2.50 bits per heavy atom. The van der Waals surface area contributed by atoms with E-state index in [0.717, 1.165) is 16.5 Å². The van der Waals surface area contributed by atoms with Gasteiger partial charge in [-0.3, -0.25) is 9.69 Å². The van der Waals surface area contributed by atoms with Crippen LogP contribution in [0.5, 0.6) is 5.75 Å². The molecule has 0 radical (unpaired) electrons. The third kappa shape index (κ3) is 4.52. The summed E-state index contributed by atoms with van der Waals surface area (Å²) >= 11 is 0. The zero-order chi connectivity index (χ0) is 21.1. The summed E-state index contributed by atoms with van der Waals surface area (Å²) in [6, 6.07) is 13.0. The molecule has 3 aromatic rings. The molecule has 1 amide bonds. The third-order valence-electron chi connectivity index (χ3n) is 5.42. The maximum absolute atomic E-state index is 13.0. The lowest BCUT2D eigenvalue weighted by atomic mass is 10.1. The van der Waals surface area contributed by atoms with Crippen LogP contribution in [0, 0.1) is 5.82 Å². The van der Waals surface area contributed by atoms with E-state index in [-0.39, 0.29) is 23.8 Å². The van der Waals surface area contributed by atoms with Crippen LogP contribution in [-0.2, 0) is 17.8 Å². The fourth-order valence-electron chi connectivity index (χ4n) is 3.75. The van der Waals surface area contributed by atoms with Crippen LogP contribution in [-0.4, -0.2) is 49.0 Å². The molecule has 156 valence electrons. The fourth-order valence-corrected chi connectivity index (χ4v) is 3.75. The summed E-state index contributed by atoms with van der Waals surface area (Å²) in [6.45, 7) is 3.27. The second kappa shape index (κ2) is 8.67. The Morgan fingerprint density at radius 1 is 1.07 bits per heavy atom. The molecule has 1 aliphatic heterocycles. The first-order chi connectivity index (χ1) is 14.5. The number of rotatable bonds is 5. The average molecular weight is 410 g/mol. The largest absolute Gasteiger partial charge is 0.497 e. The lowest BCUT2D eigenvalue weighted by molar-refractivity contribution is -0.132. The minimum atomic E-state index is -0.390. The van der Waals surface area contributed by atoms with Gasteiger partial charge in [0.2, 0.25) is 5.91 Å². The maximum atomic E-state index is 13.0. The zero-order valence-corrected chi connectivity index (χ0v) is 16.8. The molecule has 6 nitrogen and oxygen atoms in total. The molecule has 1 fully saturated rings. The van der Waals surface area contributed by atoms with E-state index in [9.17, 15) is 14.0 Å². The first-order valence-corrected chi connectivity index (χ1v) is 9.87. The lowest BCUT2D eigenvalue weighted by Gasteiger charge is -2.35. The van der Waals surface area contributed by atoms with Crippen LogP contribution in [0.3, 0.4) is 0 Å². The molecule has 7 heteroatoms. The minimum Gasteiger partial charge on any atom is -0.497 e. The van der Waals surface area contributed by atoms with Gasteiger partial charge in [0.1, 0.15) is 17.1 Å². The number of amides is 1. The molecule has 0 aliphatic carbocycles. The minimum absolute atomic E-state index is 0.0409. The zero-order valence-electron chi connectivity index (χ0n) is 16.8. The van der Waals surface area contributed by atoms with E-state index in [2.05, 4.69) is 4.90 Å². The maximum Gasteiger partial charge on any atom is 0.336 e. The van der Waals surface area contributed by atoms with Crippen molar-refractivity contribution < 1.29 is 18.3 Å². The van der Waals surface area contributed by atoms with Crippen LogP contribution >= 0.6 is 0 Å². The molecule has 0 atom stereocenters.